The van der Waals surface area contributed by atoms with E-state index in [2.05, 4.69) is 5.32 Å². The normalized spacial score (nSPS) is 12.2. The molecule has 0 saturated heterocycles. The predicted octanol–water partition coefficient (Wildman–Crippen LogP) is 4.48. The third-order valence-electron chi connectivity index (χ3n) is 6.61. The van der Waals surface area contributed by atoms with E-state index in [0.29, 0.717) is 18.7 Å². The van der Waals surface area contributed by atoms with Gasteiger partial charge < -0.3 is 10.2 Å². The lowest BCUT2D eigenvalue weighted by atomic mass is 10.0. The van der Waals surface area contributed by atoms with Crippen LogP contribution < -0.4 is 9.62 Å². The molecule has 3 rings (SSSR count). The van der Waals surface area contributed by atoms with E-state index >= 15 is 0 Å². The third kappa shape index (κ3) is 8.68. The molecule has 0 aliphatic carbocycles. The van der Waals surface area contributed by atoms with Gasteiger partial charge in [0.05, 0.1) is 11.9 Å². The molecule has 3 aromatic carbocycles. The number of aryl methyl sites for hydroxylation is 2. The molecular weight excluding hydrogens is 510 g/mol. The summed E-state index contributed by atoms with van der Waals surface area (Å²) in [7, 11) is -3.79. The molecule has 0 bridgehead atoms. The molecule has 2 amide bonds. The lowest BCUT2D eigenvalue weighted by Gasteiger charge is -2.33. The van der Waals surface area contributed by atoms with Crippen molar-refractivity contribution >= 4 is 27.5 Å². The monoisotopic (exact) mass is 549 g/mol. The van der Waals surface area contributed by atoms with Gasteiger partial charge in [-0.25, -0.2) is 8.42 Å². The Morgan fingerprint density at radius 2 is 1.44 bits per heavy atom. The second kappa shape index (κ2) is 13.4. The first-order valence-electron chi connectivity index (χ1n) is 13.2. The van der Waals surface area contributed by atoms with Crippen molar-refractivity contribution in [2.24, 2.45) is 5.92 Å². The van der Waals surface area contributed by atoms with Gasteiger partial charge in [-0.2, -0.15) is 0 Å². The van der Waals surface area contributed by atoms with Crippen molar-refractivity contribution in [2.45, 2.75) is 46.7 Å². The largest absolute Gasteiger partial charge is 0.354 e. The molecule has 3 aromatic rings. The van der Waals surface area contributed by atoms with Crippen LogP contribution >= 0.6 is 0 Å². The van der Waals surface area contributed by atoms with E-state index in [4.69, 9.17) is 0 Å². The van der Waals surface area contributed by atoms with Gasteiger partial charge in [0.2, 0.25) is 21.8 Å². The molecule has 1 atom stereocenters. The maximum Gasteiger partial charge on any atom is 0.244 e. The van der Waals surface area contributed by atoms with Crippen LogP contribution in [0.4, 0.5) is 5.69 Å². The summed E-state index contributed by atoms with van der Waals surface area (Å²) in [5.74, 6) is -0.493. The molecule has 0 aliphatic heterocycles. The topological polar surface area (TPSA) is 86.8 Å². The number of benzene rings is 3. The smallest absolute Gasteiger partial charge is 0.244 e. The zero-order valence-electron chi connectivity index (χ0n) is 23.4. The summed E-state index contributed by atoms with van der Waals surface area (Å²) in [6, 6.07) is 23.4. The highest BCUT2D eigenvalue weighted by molar-refractivity contribution is 7.92. The molecule has 0 fully saturated rings. The fourth-order valence-corrected chi connectivity index (χ4v) is 5.09. The van der Waals surface area contributed by atoms with E-state index < -0.39 is 28.5 Å². The highest BCUT2D eigenvalue weighted by atomic mass is 32.2. The van der Waals surface area contributed by atoms with E-state index in [9.17, 15) is 18.0 Å². The molecule has 0 aliphatic rings. The summed E-state index contributed by atoms with van der Waals surface area (Å²) < 4.78 is 26.9. The SMILES string of the molecule is Cc1ccc(N(CC(=O)N(Cc2ccccc2)C(Cc2ccccc2)C(=O)NCC(C)C)S(C)(=O)=O)cc1C. The molecule has 39 heavy (non-hydrogen) atoms. The van der Waals surface area contributed by atoms with Crippen LogP contribution in [0.3, 0.4) is 0 Å². The minimum atomic E-state index is -3.79. The van der Waals surface area contributed by atoms with Crippen molar-refractivity contribution in [3.05, 3.63) is 101 Å². The van der Waals surface area contributed by atoms with Gasteiger partial charge in [-0.1, -0.05) is 80.6 Å². The summed E-state index contributed by atoms with van der Waals surface area (Å²) in [4.78, 5) is 29.1. The van der Waals surface area contributed by atoms with E-state index in [-0.39, 0.29) is 18.4 Å². The number of carbonyl (C=O) groups excluding carboxylic acids is 2. The van der Waals surface area contributed by atoms with Crippen molar-refractivity contribution in [2.75, 3.05) is 23.7 Å². The number of rotatable bonds is 12. The molecular formula is C31H39N3O4S. The van der Waals surface area contributed by atoms with Crippen LogP contribution in [0.2, 0.25) is 0 Å². The summed E-state index contributed by atoms with van der Waals surface area (Å²) in [6.07, 6.45) is 1.39. The lowest BCUT2D eigenvalue weighted by molar-refractivity contribution is -0.140. The molecule has 0 heterocycles. The van der Waals surface area contributed by atoms with Gasteiger partial charge in [-0.05, 0) is 54.2 Å². The van der Waals surface area contributed by atoms with Gasteiger partial charge in [0.1, 0.15) is 12.6 Å². The second-order valence-electron chi connectivity index (χ2n) is 10.4. The van der Waals surface area contributed by atoms with E-state index in [1.165, 1.54) is 4.90 Å². The van der Waals surface area contributed by atoms with E-state index in [1.54, 1.807) is 12.1 Å². The van der Waals surface area contributed by atoms with Crippen LogP contribution in [0, 0.1) is 19.8 Å². The van der Waals surface area contributed by atoms with Gasteiger partial charge in [0.15, 0.2) is 0 Å². The first kappa shape index (κ1) is 29.9. The Hall–Kier alpha value is -3.65. The Bertz CT molecular complexity index is 1360. The van der Waals surface area contributed by atoms with Crippen molar-refractivity contribution in [3.8, 4) is 0 Å². The first-order valence-corrected chi connectivity index (χ1v) is 15.0. The van der Waals surface area contributed by atoms with Crippen LogP contribution in [0.1, 0.15) is 36.1 Å². The summed E-state index contributed by atoms with van der Waals surface area (Å²) >= 11 is 0. The van der Waals surface area contributed by atoms with E-state index in [0.717, 1.165) is 32.8 Å². The second-order valence-corrected chi connectivity index (χ2v) is 12.3. The van der Waals surface area contributed by atoms with E-state index in [1.807, 2.05) is 94.4 Å². The van der Waals surface area contributed by atoms with Gasteiger partial charge in [0, 0.05) is 19.5 Å². The molecule has 7 nitrogen and oxygen atoms in total. The molecule has 0 aromatic heterocycles. The van der Waals surface area contributed by atoms with Crippen LogP contribution in [0.25, 0.3) is 0 Å². The standard InChI is InChI=1S/C31H39N3O4S/c1-23(2)20-32-31(36)29(19-26-12-8-6-9-13-26)33(21-27-14-10-7-11-15-27)30(35)22-34(39(5,37)38)28-17-16-24(3)25(4)18-28/h6-18,23,29H,19-22H2,1-5H3,(H,32,36). The summed E-state index contributed by atoms with van der Waals surface area (Å²) in [5, 5.41) is 2.99. The van der Waals surface area contributed by atoms with Crippen LogP contribution in [0.15, 0.2) is 78.9 Å². The van der Waals surface area contributed by atoms with Gasteiger partial charge >= 0.3 is 0 Å². The Balaban J connectivity index is 2.03. The lowest BCUT2D eigenvalue weighted by Crippen LogP contribution is -2.53. The maximum atomic E-state index is 14.0. The molecule has 0 saturated carbocycles. The minimum Gasteiger partial charge on any atom is -0.354 e. The van der Waals surface area contributed by atoms with Gasteiger partial charge in [-0.15, -0.1) is 0 Å². The number of hydrogen-bond donors (Lipinski definition) is 1. The Morgan fingerprint density at radius 3 is 1.97 bits per heavy atom. The Labute approximate surface area is 232 Å². The zero-order valence-corrected chi connectivity index (χ0v) is 24.2. The third-order valence-corrected chi connectivity index (χ3v) is 7.75. The number of nitrogens with zero attached hydrogens (tertiary/aromatic N) is 2. The number of amides is 2. The number of carbonyl (C=O) groups is 2. The number of sulfonamides is 1. The Kier molecular flexibility index (Phi) is 10.3. The molecule has 8 heteroatoms. The quantitative estimate of drug-likeness (QED) is 0.361. The fraction of sp³-hybridized carbons (Fsp3) is 0.355. The first-order chi connectivity index (χ1) is 18.5. The Morgan fingerprint density at radius 1 is 0.846 bits per heavy atom. The van der Waals surface area contributed by atoms with Gasteiger partial charge in [0.25, 0.3) is 0 Å². The molecule has 1 N–H and O–H groups in total. The zero-order chi connectivity index (χ0) is 28.6. The van der Waals surface area contributed by atoms with Crippen LogP contribution in [-0.4, -0.2) is 50.5 Å². The average Bonchev–Trinajstić information content (AvgIpc) is 2.90. The van der Waals surface area contributed by atoms with Crippen molar-refractivity contribution in [1.82, 2.24) is 10.2 Å². The highest BCUT2D eigenvalue weighted by Crippen LogP contribution is 2.23. The highest BCUT2D eigenvalue weighted by Gasteiger charge is 2.33. The van der Waals surface area contributed by atoms with Gasteiger partial charge in [-0.3, -0.25) is 13.9 Å². The summed E-state index contributed by atoms with van der Waals surface area (Å²) in [5.41, 5.74) is 4.11. The van der Waals surface area contributed by atoms with Crippen LogP contribution in [-0.2, 0) is 32.6 Å². The number of nitrogens with one attached hydrogen (secondary N) is 1. The number of anilines is 1. The number of hydrogen-bond acceptors (Lipinski definition) is 4. The van der Waals surface area contributed by atoms with Crippen molar-refractivity contribution in [3.63, 3.8) is 0 Å². The molecule has 0 radical (unpaired) electrons. The van der Waals surface area contributed by atoms with Crippen molar-refractivity contribution in [1.29, 1.82) is 0 Å². The minimum absolute atomic E-state index is 0.163. The van der Waals surface area contributed by atoms with Crippen LogP contribution in [0.5, 0.6) is 0 Å². The predicted molar refractivity (Wildman–Crippen MR) is 157 cm³/mol. The molecule has 1 unspecified atom stereocenters. The molecule has 208 valence electrons. The van der Waals surface area contributed by atoms with Crippen molar-refractivity contribution < 1.29 is 18.0 Å². The summed E-state index contributed by atoms with van der Waals surface area (Å²) in [6.45, 7) is 8.07. The fourth-order valence-electron chi connectivity index (χ4n) is 4.25. The molecule has 0 spiro atoms. The maximum absolute atomic E-state index is 14.0. The average molecular weight is 550 g/mol.